The van der Waals surface area contributed by atoms with Crippen LogP contribution < -0.4 is 19.9 Å². The molecule has 0 radical (unpaired) electrons. The van der Waals surface area contributed by atoms with E-state index in [1.165, 1.54) is 0 Å². The summed E-state index contributed by atoms with van der Waals surface area (Å²) in [7, 11) is 1.58. The smallest absolute Gasteiger partial charge is 0.415 e. The van der Waals surface area contributed by atoms with Crippen molar-refractivity contribution in [3.8, 4) is 5.75 Å². The van der Waals surface area contributed by atoms with Crippen molar-refractivity contribution in [1.29, 1.82) is 0 Å². The maximum atomic E-state index is 12.5. The Morgan fingerprint density at radius 1 is 1.38 bits per heavy atom. The number of ether oxygens (including phenoxy) is 2. The van der Waals surface area contributed by atoms with Gasteiger partial charge in [0.15, 0.2) is 0 Å². The summed E-state index contributed by atoms with van der Waals surface area (Å²) in [5, 5.41) is 2.61. The number of anilines is 2. The lowest BCUT2D eigenvalue weighted by Crippen LogP contribution is -2.42. The molecular formula is C17H25N3O4. The molecule has 0 atom stereocenters. The number of fused-ring (bicyclic) bond motifs is 1. The Kier molecular flexibility index (Phi) is 5.21. The summed E-state index contributed by atoms with van der Waals surface area (Å²) in [5.41, 5.74) is 0.718. The van der Waals surface area contributed by atoms with Gasteiger partial charge in [-0.2, -0.15) is 0 Å². The molecule has 0 saturated heterocycles. The van der Waals surface area contributed by atoms with E-state index >= 15 is 0 Å². The highest BCUT2D eigenvalue weighted by Crippen LogP contribution is 2.36. The Morgan fingerprint density at radius 3 is 2.67 bits per heavy atom. The maximum absolute atomic E-state index is 12.5. The van der Waals surface area contributed by atoms with Gasteiger partial charge in [-0.05, 0) is 45.9 Å². The maximum Gasteiger partial charge on any atom is 0.415 e. The molecule has 0 aromatic heterocycles. The molecule has 7 heteroatoms. The van der Waals surface area contributed by atoms with E-state index in [0.29, 0.717) is 36.8 Å². The molecule has 1 aliphatic heterocycles. The third-order valence-corrected chi connectivity index (χ3v) is 3.51. The molecule has 0 bridgehead atoms. The van der Waals surface area contributed by atoms with Gasteiger partial charge >= 0.3 is 12.1 Å². The molecule has 0 saturated carbocycles. The molecule has 1 heterocycles. The van der Waals surface area contributed by atoms with Crippen LogP contribution in [-0.2, 0) is 4.74 Å². The van der Waals surface area contributed by atoms with Gasteiger partial charge in [-0.1, -0.05) is 0 Å². The predicted molar refractivity (Wildman–Crippen MR) is 93.0 cm³/mol. The van der Waals surface area contributed by atoms with Gasteiger partial charge in [0.2, 0.25) is 0 Å². The van der Waals surface area contributed by atoms with Crippen molar-refractivity contribution in [3.05, 3.63) is 18.2 Å². The molecule has 0 spiro atoms. The van der Waals surface area contributed by atoms with Crippen LogP contribution in [0.25, 0.3) is 0 Å². The largest absolute Gasteiger partial charge is 0.490 e. The van der Waals surface area contributed by atoms with Crippen LogP contribution in [0.4, 0.5) is 21.0 Å². The van der Waals surface area contributed by atoms with E-state index in [1.54, 1.807) is 35.0 Å². The van der Waals surface area contributed by atoms with Gasteiger partial charge in [-0.15, -0.1) is 0 Å². The molecule has 1 N–H and O–H groups in total. The first kappa shape index (κ1) is 17.9. The van der Waals surface area contributed by atoms with Crippen molar-refractivity contribution in [2.45, 2.75) is 33.3 Å². The minimum absolute atomic E-state index is 0.210. The zero-order valence-corrected chi connectivity index (χ0v) is 14.9. The molecule has 0 aliphatic carbocycles. The van der Waals surface area contributed by atoms with E-state index in [2.05, 4.69) is 5.32 Å². The summed E-state index contributed by atoms with van der Waals surface area (Å²) in [4.78, 5) is 27.6. The van der Waals surface area contributed by atoms with Crippen molar-refractivity contribution in [1.82, 2.24) is 5.32 Å². The average Bonchev–Trinajstić information content (AvgIpc) is 2.53. The van der Waals surface area contributed by atoms with Gasteiger partial charge in [0.25, 0.3) is 0 Å². The van der Waals surface area contributed by atoms with Crippen LogP contribution in [-0.4, -0.2) is 44.5 Å². The SMILES string of the molecule is CCN(C(=O)NC)c1ccc2c(c1)N(C(=O)OC(C)(C)C)CCO2. The molecule has 1 aliphatic rings. The van der Waals surface area contributed by atoms with Gasteiger partial charge in [-0.3, -0.25) is 9.80 Å². The van der Waals surface area contributed by atoms with Crippen molar-refractivity contribution < 1.29 is 19.1 Å². The van der Waals surface area contributed by atoms with Crippen molar-refractivity contribution in [2.24, 2.45) is 0 Å². The molecule has 1 aromatic rings. The summed E-state index contributed by atoms with van der Waals surface area (Å²) in [5.74, 6) is 0.601. The summed E-state index contributed by atoms with van der Waals surface area (Å²) < 4.78 is 11.1. The van der Waals surface area contributed by atoms with Gasteiger partial charge in [0, 0.05) is 19.3 Å². The minimum Gasteiger partial charge on any atom is -0.490 e. The lowest BCUT2D eigenvalue weighted by Gasteiger charge is -2.32. The Balaban J connectivity index is 2.35. The van der Waals surface area contributed by atoms with Crippen LogP contribution in [0.2, 0.25) is 0 Å². The fourth-order valence-electron chi connectivity index (χ4n) is 2.46. The topological polar surface area (TPSA) is 71.1 Å². The minimum atomic E-state index is -0.579. The number of nitrogens with zero attached hydrogens (tertiary/aromatic N) is 2. The number of hydrogen-bond donors (Lipinski definition) is 1. The monoisotopic (exact) mass is 335 g/mol. The number of amides is 3. The van der Waals surface area contributed by atoms with Crippen LogP contribution in [0.1, 0.15) is 27.7 Å². The summed E-state index contributed by atoms with van der Waals surface area (Å²) >= 11 is 0. The Labute approximate surface area is 142 Å². The lowest BCUT2D eigenvalue weighted by molar-refractivity contribution is 0.0568. The Hall–Kier alpha value is -2.44. The van der Waals surface area contributed by atoms with Gasteiger partial charge in [-0.25, -0.2) is 9.59 Å². The summed E-state index contributed by atoms with van der Waals surface area (Å²) in [6, 6.07) is 5.14. The number of hydrogen-bond acceptors (Lipinski definition) is 4. The number of carbonyl (C=O) groups excluding carboxylic acids is 2. The quantitative estimate of drug-likeness (QED) is 0.902. The van der Waals surface area contributed by atoms with Crippen LogP contribution in [0.5, 0.6) is 5.75 Å². The summed E-state index contributed by atoms with van der Waals surface area (Å²) in [6.07, 6.45) is -0.424. The molecule has 3 amide bonds. The average molecular weight is 335 g/mol. The number of urea groups is 1. The van der Waals surface area contributed by atoms with E-state index < -0.39 is 11.7 Å². The fraction of sp³-hybridized carbons (Fsp3) is 0.529. The van der Waals surface area contributed by atoms with E-state index in [4.69, 9.17) is 9.47 Å². The number of benzene rings is 1. The van der Waals surface area contributed by atoms with Gasteiger partial charge < -0.3 is 14.8 Å². The van der Waals surface area contributed by atoms with Gasteiger partial charge in [0.1, 0.15) is 18.0 Å². The van der Waals surface area contributed by atoms with Gasteiger partial charge in [0.05, 0.1) is 12.2 Å². The highest BCUT2D eigenvalue weighted by atomic mass is 16.6. The highest BCUT2D eigenvalue weighted by molar-refractivity contribution is 5.95. The molecule has 7 nitrogen and oxygen atoms in total. The predicted octanol–water partition coefficient (Wildman–Crippen LogP) is 2.99. The second-order valence-electron chi connectivity index (χ2n) is 6.43. The molecule has 2 rings (SSSR count). The standard InChI is InChI=1S/C17H25N3O4/c1-6-19(15(21)18-5)12-7-8-14-13(11-12)20(9-10-23-14)16(22)24-17(2,3)4/h7-8,11H,6,9-10H2,1-5H3,(H,18,21). The normalized spacial score (nSPS) is 13.6. The molecule has 0 fully saturated rings. The molecule has 1 aromatic carbocycles. The first-order chi connectivity index (χ1) is 11.3. The van der Waals surface area contributed by atoms with Crippen LogP contribution in [0, 0.1) is 0 Å². The van der Waals surface area contributed by atoms with Crippen LogP contribution >= 0.6 is 0 Å². The van der Waals surface area contributed by atoms with Crippen molar-refractivity contribution in [3.63, 3.8) is 0 Å². The van der Waals surface area contributed by atoms with E-state index in [9.17, 15) is 9.59 Å². The van der Waals surface area contributed by atoms with E-state index in [1.807, 2.05) is 27.7 Å². The van der Waals surface area contributed by atoms with E-state index in [0.717, 1.165) is 0 Å². The highest BCUT2D eigenvalue weighted by Gasteiger charge is 2.29. The fourth-order valence-corrected chi connectivity index (χ4v) is 2.46. The molecule has 0 unspecified atom stereocenters. The third-order valence-electron chi connectivity index (χ3n) is 3.51. The molecule has 24 heavy (non-hydrogen) atoms. The molecular weight excluding hydrogens is 310 g/mol. The Bertz CT molecular complexity index is 625. The third kappa shape index (κ3) is 3.90. The zero-order valence-electron chi connectivity index (χ0n) is 14.9. The zero-order chi connectivity index (χ0) is 17.9. The van der Waals surface area contributed by atoms with E-state index in [-0.39, 0.29) is 6.03 Å². The number of nitrogens with one attached hydrogen (secondary N) is 1. The second-order valence-corrected chi connectivity index (χ2v) is 6.43. The van der Waals surface area contributed by atoms with Crippen LogP contribution in [0.3, 0.4) is 0 Å². The van der Waals surface area contributed by atoms with Crippen molar-refractivity contribution >= 4 is 23.5 Å². The number of rotatable bonds is 2. The van der Waals surface area contributed by atoms with Crippen molar-refractivity contribution in [2.75, 3.05) is 36.5 Å². The van der Waals surface area contributed by atoms with Crippen LogP contribution in [0.15, 0.2) is 18.2 Å². The first-order valence-electron chi connectivity index (χ1n) is 8.03. The summed E-state index contributed by atoms with van der Waals surface area (Å²) in [6.45, 7) is 8.67. The number of carbonyl (C=O) groups is 2. The Morgan fingerprint density at radius 2 is 2.08 bits per heavy atom. The lowest BCUT2D eigenvalue weighted by atomic mass is 10.2. The molecule has 132 valence electrons. The first-order valence-corrected chi connectivity index (χ1v) is 8.03. The second kappa shape index (κ2) is 6.98.